The van der Waals surface area contributed by atoms with Crippen molar-refractivity contribution in [2.24, 2.45) is 4.40 Å². The van der Waals surface area contributed by atoms with E-state index in [-0.39, 0.29) is 11.1 Å². The van der Waals surface area contributed by atoms with Gasteiger partial charge in [-0.25, -0.2) is 4.39 Å². The number of benzene rings is 1. The lowest BCUT2D eigenvalue weighted by Gasteiger charge is -2.18. The molecule has 0 heterocycles. The number of rotatable bonds is 2. The van der Waals surface area contributed by atoms with Crippen molar-refractivity contribution in [3.63, 3.8) is 0 Å². The molecule has 1 aromatic rings. The Bertz CT molecular complexity index is 515. The Morgan fingerprint density at radius 3 is 2.56 bits per heavy atom. The van der Waals surface area contributed by atoms with E-state index >= 15 is 0 Å². The molecule has 0 spiro atoms. The summed E-state index contributed by atoms with van der Waals surface area (Å²) in [4.78, 5) is 0. The number of hydrogen-bond donors (Lipinski definition) is 0. The van der Waals surface area contributed by atoms with E-state index in [0.717, 1.165) is 0 Å². The molecule has 1 rings (SSSR count). The largest absolute Gasteiger partial charge is 0.591 e. The van der Waals surface area contributed by atoms with Crippen LogP contribution in [0.3, 0.4) is 0 Å². The second-order valence-electron chi connectivity index (χ2n) is 4.82. The van der Waals surface area contributed by atoms with Gasteiger partial charge in [-0.15, -0.1) is 0 Å². The summed E-state index contributed by atoms with van der Waals surface area (Å²) in [5.74, 6) is -0.618. The van der Waals surface area contributed by atoms with Crippen LogP contribution in [-0.4, -0.2) is 15.0 Å². The number of nitrogens with zero attached hydrogens (tertiary/aromatic N) is 2. The summed E-state index contributed by atoms with van der Waals surface area (Å²) in [5.41, 5.74) is 0.507. The molecular weight excluding hydrogens is 251 g/mol. The first kappa shape index (κ1) is 14.7. The minimum Gasteiger partial charge on any atom is -0.591 e. The smallest absolute Gasteiger partial charge is 0.150 e. The van der Waals surface area contributed by atoms with E-state index in [4.69, 9.17) is 5.26 Å². The lowest BCUT2D eigenvalue weighted by atomic mass is 10.1. The Hall–Kier alpha value is -1.38. The van der Waals surface area contributed by atoms with Crippen molar-refractivity contribution in [2.75, 3.05) is 0 Å². The minimum absolute atomic E-state index is 0.0383. The molecule has 0 fully saturated rings. The Labute approximate surface area is 110 Å². The second-order valence-corrected chi connectivity index (χ2v) is 6.72. The SMILES string of the molecule is C/C(=N/[S+]([O-])C(C)(C)C)c1cccc(C#N)c1F. The summed E-state index contributed by atoms with van der Waals surface area (Å²) in [5, 5.41) is 8.75. The van der Waals surface area contributed by atoms with Gasteiger partial charge in [0.05, 0.1) is 11.3 Å². The van der Waals surface area contributed by atoms with E-state index in [1.165, 1.54) is 12.1 Å². The Kier molecular flexibility index (Phi) is 4.49. The van der Waals surface area contributed by atoms with Gasteiger partial charge in [-0.3, -0.25) is 0 Å². The first-order valence-corrected chi connectivity index (χ1v) is 6.54. The topological polar surface area (TPSA) is 59.2 Å². The fourth-order valence-corrected chi connectivity index (χ4v) is 1.83. The quantitative estimate of drug-likeness (QED) is 0.610. The summed E-state index contributed by atoms with van der Waals surface area (Å²) in [6.07, 6.45) is 0. The van der Waals surface area contributed by atoms with Crippen molar-refractivity contribution in [1.29, 1.82) is 5.26 Å². The molecule has 3 nitrogen and oxygen atoms in total. The lowest BCUT2D eigenvalue weighted by molar-refractivity contribution is 0.561. The van der Waals surface area contributed by atoms with Gasteiger partial charge in [0.15, 0.2) is 0 Å². The fraction of sp³-hybridized carbons (Fsp3) is 0.385. The highest BCUT2D eigenvalue weighted by Gasteiger charge is 2.27. The maximum atomic E-state index is 13.9. The van der Waals surface area contributed by atoms with Gasteiger partial charge in [0.2, 0.25) is 0 Å². The van der Waals surface area contributed by atoms with Gasteiger partial charge in [-0.1, -0.05) is 10.5 Å². The molecule has 0 aromatic heterocycles. The van der Waals surface area contributed by atoms with E-state index in [2.05, 4.69) is 4.40 Å². The van der Waals surface area contributed by atoms with Crippen molar-refractivity contribution < 1.29 is 8.94 Å². The highest BCUT2D eigenvalue weighted by molar-refractivity contribution is 7.91. The molecule has 5 heteroatoms. The average Bonchev–Trinajstić information content (AvgIpc) is 2.27. The predicted octanol–water partition coefficient (Wildman–Crippen LogP) is 2.97. The molecule has 1 aromatic carbocycles. The van der Waals surface area contributed by atoms with Crippen molar-refractivity contribution in [3.05, 3.63) is 35.1 Å². The van der Waals surface area contributed by atoms with Crippen molar-refractivity contribution in [1.82, 2.24) is 0 Å². The van der Waals surface area contributed by atoms with Crippen LogP contribution < -0.4 is 0 Å². The number of hydrogen-bond acceptors (Lipinski definition) is 3. The van der Waals surface area contributed by atoms with Crippen LogP contribution in [-0.2, 0) is 11.4 Å². The third kappa shape index (κ3) is 3.31. The summed E-state index contributed by atoms with van der Waals surface area (Å²) in [7, 11) is 0. The first-order valence-electron chi connectivity index (χ1n) is 5.43. The molecule has 96 valence electrons. The van der Waals surface area contributed by atoms with E-state index in [1.807, 2.05) is 0 Å². The molecule has 1 unspecified atom stereocenters. The highest BCUT2D eigenvalue weighted by Crippen LogP contribution is 2.20. The summed E-state index contributed by atoms with van der Waals surface area (Å²) in [6.45, 7) is 6.97. The maximum Gasteiger partial charge on any atom is 0.150 e. The average molecular weight is 266 g/mol. The van der Waals surface area contributed by atoms with Crippen molar-refractivity contribution in [3.8, 4) is 6.07 Å². The Morgan fingerprint density at radius 1 is 1.44 bits per heavy atom. The van der Waals surface area contributed by atoms with Crippen LogP contribution in [0.25, 0.3) is 0 Å². The van der Waals surface area contributed by atoms with Gasteiger partial charge >= 0.3 is 0 Å². The van der Waals surface area contributed by atoms with Gasteiger partial charge in [-0.2, -0.15) is 5.26 Å². The molecule has 0 aliphatic carbocycles. The third-order valence-electron chi connectivity index (χ3n) is 2.25. The van der Waals surface area contributed by atoms with Gasteiger partial charge in [0, 0.05) is 5.56 Å². The van der Waals surface area contributed by atoms with E-state index in [0.29, 0.717) is 5.71 Å². The standard InChI is InChI=1S/C13H15FN2OS/c1-9(16-18(17)13(2,3)4)11-7-5-6-10(8-15)12(11)14/h5-7H,1-4H3/b16-9-. The number of nitriles is 1. The van der Waals surface area contributed by atoms with E-state index in [9.17, 15) is 8.94 Å². The molecule has 0 bridgehead atoms. The Morgan fingerprint density at radius 2 is 2.06 bits per heavy atom. The van der Waals surface area contributed by atoms with Gasteiger partial charge in [0.1, 0.15) is 28.0 Å². The molecule has 0 saturated heterocycles. The zero-order valence-electron chi connectivity index (χ0n) is 10.8. The molecule has 0 aliphatic heterocycles. The van der Waals surface area contributed by atoms with Crippen LogP contribution in [0.4, 0.5) is 4.39 Å². The van der Waals surface area contributed by atoms with Crippen LogP contribution in [0, 0.1) is 17.1 Å². The molecular formula is C13H15FN2OS. The molecule has 18 heavy (non-hydrogen) atoms. The fourth-order valence-electron chi connectivity index (χ4n) is 1.21. The molecule has 0 radical (unpaired) electrons. The second kappa shape index (κ2) is 5.51. The van der Waals surface area contributed by atoms with Crippen molar-refractivity contribution in [2.45, 2.75) is 32.4 Å². The first-order chi connectivity index (χ1) is 8.27. The zero-order chi connectivity index (χ0) is 13.9. The van der Waals surface area contributed by atoms with Crippen LogP contribution in [0.2, 0.25) is 0 Å². The van der Waals surface area contributed by atoms with Gasteiger partial charge in [0.25, 0.3) is 0 Å². The third-order valence-corrected chi connectivity index (χ3v) is 3.74. The molecule has 1 atom stereocenters. The van der Waals surface area contributed by atoms with Gasteiger partial charge in [-0.05, 0) is 39.8 Å². The molecule has 0 amide bonds. The maximum absolute atomic E-state index is 13.9. The van der Waals surface area contributed by atoms with E-state index < -0.39 is 21.9 Å². The lowest BCUT2D eigenvalue weighted by Crippen LogP contribution is -2.26. The van der Waals surface area contributed by atoms with Crippen LogP contribution in [0.5, 0.6) is 0 Å². The summed E-state index contributed by atoms with van der Waals surface area (Å²) >= 11 is -1.45. The molecule has 0 aliphatic rings. The van der Waals surface area contributed by atoms with Gasteiger partial charge < -0.3 is 4.55 Å². The number of halogens is 1. The summed E-state index contributed by atoms with van der Waals surface area (Å²) in [6, 6.07) is 6.27. The highest BCUT2D eigenvalue weighted by atomic mass is 32.2. The van der Waals surface area contributed by atoms with Crippen LogP contribution >= 0.6 is 0 Å². The zero-order valence-corrected chi connectivity index (χ0v) is 11.6. The normalized spacial score (nSPS) is 14.2. The minimum atomic E-state index is -1.45. The van der Waals surface area contributed by atoms with Crippen LogP contribution in [0.1, 0.15) is 38.8 Å². The molecule has 0 N–H and O–H groups in total. The monoisotopic (exact) mass is 266 g/mol. The van der Waals surface area contributed by atoms with E-state index in [1.54, 1.807) is 39.8 Å². The predicted molar refractivity (Wildman–Crippen MR) is 71.2 cm³/mol. The van der Waals surface area contributed by atoms with Crippen LogP contribution in [0.15, 0.2) is 22.6 Å². The molecule has 0 saturated carbocycles. The Balaban J connectivity index is 3.17. The summed E-state index contributed by atoms with van der Waals surface area (Å²) < 4.78 is 29.2. The van der Waals surface area contributed by atoms with Crippen molar-refractivity contribution >= 4 is 17.1 Å².